The molecule has 26 heavy (non-hydrogen) atoms. The van der Waals surface area contributed by atoms with Crippen molar-refractivity contribution in [3.8, 4) is 17.2 Å². The van der Waals surface area contributed by atoms with Crippen LogP contribution >= 0.6 is 12.2 Å². The largest absolute Gasteiger partial charge is 0.548 e. The van der Waals surface area contributed by atoms with E-state index >= 15 is 0 Å². The number of hydrogen-bond donors (Lipinski definition) is 1. The molecule has 144 valence electrons. The summed E-state index contributed by atoms with van der Waals surface area (Å²) in [5.74, 6) is 0.485. The Morgan fingerprint density at radius 1 is 1.19 bits per heavy atom. The first-order chi connectivity index (χ1) is 12.5. The Morgan fingerprint density at radius 2 is 1.77 bits per heavy atom. The Labute approximate surface area is 159 Å². The van der Waals surface area contributed by atoms with Gasteiger partial charge in [0, 0.05) is 12.6 Å². The normalized spacial score (nSPS) is 14.0. The van der Waals surface area contributed by atoms with E-state index in [9.17, 15) is 9.90 Å². The highest BCUT2D eigenvalue weighted by atomic mass is 32.1. The van der Waals surface area contributed by atoms with Crippen molar-refractivity contribution in [1.82, 2.24) is 10.2 Å². The molecule has 1 aliphatic carbocycles. The van der Waals surface area contributed by atoms with E-state index in [4.69, 9.17) is 26.4 Å². The number of hydrogen-bond acceptors (Lipinski definition) is 6. The third-order valence-electron chi connectivity index (χ3n) is 4.49. The second-order valence-corrected chi connectivity index (χ2v) is 6.52. The molecule has 1 N–H and O–H groups in total. The van der Waals surface area contributed by atoms with Gasteiger partial charge in [-0.1, -0.05) is 12.8 Å². The lowest BCUT2D eigenvalue weighted by Gasteiger charge is -2.32. The van der Waals surface area contributed by atoms with E-state index in [2.05, 4.69) is 5.32 Å². The second-order valence-electron chi connectivity index (χ2n) is 6.13. The SMILES string of the molecule is COc1cc(CN(C(=S)NCC(=O)[O-])C2CCCC2)cc(OC)c1OC. The molecule has 0 spiro atoms. The molecule has 0 atom stereocenters. The van der Waals surface area contributed by atoms with Gasteiger partial charge >= 0.3 is 0 Å². The van der Waals surface area contributed by atoms with Gasteiger partial charge in [0.05, 0.1) is 33.8 Å². The lowest BCUT2D eigenvalue weighted by Crippen LogP contribution is -2.47. The maximum absolute atomic E-state index is 10.7. The summed E-state index contributed by atoms with van der Waals surface area (Å²) in [7, 11) is 4.70. The van der Waals surface area contributed by atoms with Crippen molar-refractivity contribution in [1.29, 1.82) is 0 Å². The van der Waals surface area contributed by atoms with Crippen molar-refractivity contribution in [2.75, 3.05) is 27.9 Å². The van der Waals surface area contributed by atoms with Crippen LogP contribution in [0.4, 0.5) is 0 Å². The molecule has 0 amide bonds. The minimum atomic E-state index is -1.19. The van der Waals surface area contributed by atoms with E-state index in [1.807, 2.05) is 17.0 Å². The summed E-state index contributed by atoms with van der Waals surface area (Å²) in [5, 5.41) is 13.9. The molecule has 1 saturated carbocycles. The first-order valence-corrected chi connectivity index (χ1v) is 8.94. The van der Waals surface area contributed by atoms with Crippen molar-refractivity contribution in [2.45, 2.75) is 38.3 Å². The molecule has 0 radical (unpaired) electrons. The Bertz CT molecular complexity index is 621. The fourth-order valence-corrected chi connectivity index (χ4v) is 3.54. The highest BCUT2D eigenvalue weighted by molar-refractivity contribution is 7.80. The van der Waals surface area contributed by atoms with Crippen molar-refractivity contribution >= 4 is 23.3 Å². The van der Waals surface area contributed by atoms with Crippen LogP contribution in [0.25, 0.3) is 0 Å². The Hall–Kier alpha value is -2.22. The van der Waals surface area contributed by atoms with Gasteiger partial charge in [-0.3, -0.25) is 0 Å². The molecule has 0 bridgehead atoms. The predicted molar refractivity (Wildman–Crippen MR) is 99.5 cm³/mol. The molecule has 7 nitrogen and oxygen atoms in total. The fraction of sp³-hybridized carbons (Fsp3) is 0.556. The molecule has 0 unspecified atom stereocenters. The lowest BCUT2D eigenvalue weighted by atomic mass is 10.1. The maximum atomic E-state index is 10.7. The van der Waals surface area contributed by atoms with Crippen LogP contribution in [0.1, 0.15) is 31.2 Å². The lowest BCUT2D eigenvalue weighted by molar-refractivity contribution is -0.303. The molecule has 1 aliphatic rings. The zero-order chi connectivity index (χ0) is 19.1. The number of benzene rings is 1. The fourth-order valence-electron chi connectivity index (χ4n) is 3.26. The summed E-state index contributed by atoms with van der Waals surface area (Å²) in [4.78, 5) is 12.8. The predicted octanol–water partition coefficient (Wildman–Crippen LogP) is 1.08. The number of carboxylic acids is 1. The summed E-state index contributed by atoms with van der Waals surface area (Å²) < 4.78 is 16.2. The Kier molecular flexibility index (Phi) is 7.32. The van der Waals surface area contributed by atoms with Gasteiger partial charge in [0.2, 0.25) is 5.75 Å². The molecule has 0 aromatic heterocycles. The van der Waals surface area contributed by atoms with Crippen molar-refractivity contribution < 1.29 is 24.1 Å². The number of nitrogens with zero attached hydrogens (tertiary/aromatic N) is 1. The highest BCUT2D eigenvalue weighted by Gasteiger charge is 2.25. The second kappa shape index (κ2) is 9.47. The van der Waals surface area contributed by atoms with E-state index in [1.165, 1.54) is 0 Å². The number of ether oxygens (including phenoxy) is 3. The number of carbonyl (C=O) groups excluding carboxylic acids is 1. The van der Waals surface area contributed by atoms with E-state index in [-0.39, 0.29) is 12.6 Å². The van der Waals surface area contributed by atoms with Gasteiger partial charge < -0.3 is 34.3 Å². The summed E-state index contributed by atoms with van der Waals surface area (Å²) >= 11 is 5.44. The van der Waals surface area contributed by atoms with Gasteiger partial charge in [0.1, 0.15) is 0 Å². The Morgan fingerprint density at radius 3 is 2.23 bits per heavy atom. The van der Waals surface area contributed by atoms with Gasteiger partial charge in [0.25, 0.3) is 0 Å². The van der Waals surface area contributed by atoms with Crippen LogP contribution in [0.5, 0.6) is 17.2 Å². The van der Waals surface area contributed by atoms with E-state index in [0.29, 0.717) is 28.9 Å². The van der Waals surface area contributed by atoms with Crippen molar-refractivity contribution in [3.63, 3.8) is 0 Å². The van der Waals surface area contributed by atoms with Crippen LogP contribution in [0.2, 0.25) is 0 Å². The van der Waals surface area contributed by atoms with Gasteiger partial charge in [-0.2, -0.15) is 0 Å². The van der Waals surface area contributed by atoms with Crippen LogP contribution in [-0.4, -0.2) is 49.9 Å². The summed E-state index contributed by atoms with van der Waals surface area (Å²) in [6, 6.07) is 4.03. The number of thiocarbonyl (C=S) groups is 1. The van der Waals surface area contributed by atoms with E-state index < -0.39 is 5.97 Å². The van der Waals surface area contributed by atoms with Crippen LogP contribution in [0.15, 0.2) is 12.1 Å². The molecule has 0 aliphatic heterocycles. The average Bonchev–Trinajstić information content (AvgIpc) is 3.17. The number of methoxy groups -OCH3 is 3. The summed E-state index contributed by atoms with van der Waals surface area (Å²) in [6.07, 6.45) is 4.33. The molecule has 1 aromatic carbocycles. The third kappa shape index (κ3) is 4.91. The van der Waals surface area contributed by atoms with Gasteiger partial charge in [-0.05, 0) is 42.8 Å². The highest BCUT2D eigenvalue weighted by Crippen LogP contribution is 2.39. The molecule has 1 aromatic rings. The molecular formula is C18H25N2O5S-. The molecule has 0 heterocycles. The minimum absolute atomic E-state index is 0.274. The average molecular weight is 381 g/mol. The van der Waals surface area contributed by atoms with Crippen LogP contribution < -0.4 is 24.6 Å². The monoisotopic (exact) mass is 381 g/mol. The number of aliphatic carboxylic acids is 1. The smallest absolute Gasteiger partial charge is 0.203 e. The first-order valence-electron chi connectivity index (χ1n) is 8.53. The minimum Gasteiger partial charge on any atom is -0.548 e. The Balaban J connectivity index is 2.26. The standard InChI is InChI=1S/C18H26N2O5S/c1-23-14-8-12(9-15(24-2)17(14)25-3)11-20(13-6-4-5-7-13)18(26)19-10-16(21)22/h8-9,13H,4-7,10-11H2,1-3H3,(H,19,26)(H,21,22)/p-1. The first kappa shape index (κ1) is 20.1. The number of carboxylic acid groups (broad SMARTS) is 1. The zero-order valence-electron chi connectivity index (χ0n) is 15.4. The van der Waals surface area contributed by atoms with E-state index in [0.717, 1.165) is 31.2 Å². The van der Waals surface area contributed by atoms with Crippen LogP contribution in [0.3, 0.4) is 0 Å². The summed E-state index contributed by atoms with van der Waals surface area (Å²) in [5.41, 5.74) is 0.934. The van der Waals surface area contributed by atoms with Crippen LogP contribution in [-0.2, 0) is 11.3 Å². The van der Waals surface area contributed by atoms with Crippen LogP contribution in [0, 0.1) is 0 Å². The summed E-state index contributed by atoms with van der Waals surface area (Å²) in [6.45, 7) is 0.206. The third-order valence-corrected chi connectivity index (χ3v) is 4.87. The molecule has 2 rings (SSSR count). The van der Waals surface area contributed by atoms with Gasteiger partial charge in [0.15, 0.2) is 16.6 Å². The molecular weight excluding hydrogens is 356 g/mol. The maximum Gasteiger partial charge on any atom is 0.203 e. The number of nitrogens with one attached hydrogen (secondary N) is 1. The molecule has 0 saturated heterocycles. The van der Waals surface area contributed by atoms with Crippen molar-refractivity contribution in [3.05, 3.63) is 17.7 Å². The zero-order valence-corrected chi connectivity index (χ0v) is 16.2. The van der Waals surface area contributed by atoms with Gasteiger partial charge in [-0.15, -0.1) is 0 Å². The van der Waals surface area contributed by atoms with Gasteiger partial charge in [-0.25, -0.2) is 0 Å². The molecule has 8 heteroatoms. The molecule has 1 fully saturated rings. The van der Waals surface area contributed by atoms with Crippen molar-refractivity contribution in [2.24, 2.45) is 0 Å². The number of carbonyl (C=O) groups is 1. The number of rotatable bonds is 8. The quantitative estimate of drug-likeness (QED) is 0.670. The topological polar surface area (TPSA) is 83.1 Å². The van der Waals surface area contributed by atoms with E-state index in [1.54, 1.807) is 21.3 Å².